The van der Waals surface area contributed by atoms with Crippen LogP contribution in [0.25, 0.3) is 0 Å². The van der Waals surface area contributed by atoms with Crippen LogP contribution in [-0.4, -0.2) is 65.9 Å². The van der Waals surface area contributed by atoms with Crippen LogP contribution < -0.4 is 10.6 Å². The van der Waals surface area contributed by atoms with Crippen molar-refractivity contribution in [3.05, 3.63) is 22.4 Å². The van der Waals surface area contributed by atoms with Crippen LogP contribution >= 0.6 is 11.3 Å². The molecule has 7 heteroatoms. The lowest BCUT2D eigenvalue weighted by Gasteiger charge is -2.36. The van der Waals surface area contributed by atoms with E-state index in [0.717, 1.165) is 26.2 Å². The van der Waals surface area contributed by atoms with Crippen molar-refractivity contribution in [2.75, 3.05) is 32.7 Å². The molecule has 2 saturated heterocycles. The summed E-state index contributed by atoms with van der Waals surface area (Å²) in [6.45, 7) is 9.31. The van der Waals surface area contributed by atoms with Crippen molar-refractivity contribution in [1.82, 2.24) is 20.4 Å². The number of thiophene rings is 1. The molecule has 3 rings (SSSR count). The number of nitrogens with zero attached hydrogens (tertiary/aromatic N) is 2. The molecule has 2 fully saturated rings. The van der Waals surface area contributed by atoms with E-state index >= 15 is 0 Å². The summed E-state index contributed by atoms with van der Waals surface area (Å²) in [5.74, 6) is -0.0859. The molecule has 2 amide bonds. The van der Waals surface area contributed by atoms with Crippen LogP contribution in [0.15, 0.2) is 17.5 Å². The van der Waals surface area contributed by atoms with Gasteiger partial charge in [-0.2, -0.15) is 0 Å². The Hall–Kier alpha value is -1.44. The highest BCUT2D eigenvalue weighted by atomic mass is 32.1. The number of likely N-dealkylation sites (tertiary alicyclic amines) is 1. The molecule has 0 spiro atoms. The third kappa shape index (κ3) is 4.84. The van der Waals surface area contributed by atoms with Gasteiger partial charge >= 0.3 is 0 Å². The fourth-order valence-corrected chi connectivity index (χ4v) is 4.50. The van der Waals surface area contributed by atoms with Crippen LogP contribution in [-0.2, 0) is 16.1 Å². The van der Waals surface area contributed by atoms with Crippen molar-refractivity contribution in [2.24, 2.45) is 0 Å². The Labute approximate surface area is 159 Å². The van der Waals surface area contributed by atoms with Gasteiger partial charge in [-0.1, -0.05) is 6.07 Å². The van der Waals surface area contributed by atoms with Crippen LogP contribution in [0.2, 0.25) is 0 Å². The smallest absolute Gasteiger partial charge is 0.237 e. The van der Waals surface area contributed by atoms with Gasteiger partial charge in [0.2, 0.25) is 11.8 Å². The number of carbonyl (C=O) groups is 2. The van der Waals surface area contributed by atoms with Crippen LogP contribution in [0.1, 0.15) is 38.0 Å². The molecule has 0 bridgehead atoms. The molecule has 2 N–H and O–H groups in total. The molecule has 3 heterocycles. The third-order valence-electron chi connectivity index (χ3n) is 5.44. The number of piperazine rings is 1. The first kappa shape index (κ1) is 19.3. The summed E-state index contributed by atoms with van der Waals surface area (Å²) >= 11 is 1.69. The third-order valence-corrected chi connectivity index (χ3v) is 6.30. The van der Waals surface area contributed by atoms with Gasteiger partial charge in [0.1, 0.15) is 0 Å². The first-order chi connectivity index (χ1) is 12.5. The molecule has 0 aromatic carbocycles. The van der Waals surface area contributed by atoms with Crippen LogP contribution in [0.3, 0.4) is 0 Å². The van der Waals surface area contributed by atoms with Gasteiger partial charge in [-0.3, -0.25) is 19.4 Å². The average Bonchev–Trinajstić information content (AvgIpc) is 3.30. The lowest BCUT2D eigenvalue weighted by molar-refractivity contribution is -0.134. The number of rotatable bonds is 7. The molecular weight excluding hydrogens is 348 g/mol. The lowest BCUT2D eigenvalue weighted by Crippen LogP contribution is -2.56. The molecule has 2 aliphatic heterocycles. The number of nitrogens with one attached hydrogen (secondary N) is 2. The first-order valence-electron chi connectivity index (χ1n) is 9.51. The largest absolute Gasteiger partial charge is 0.354 e. The van der Waals surface area contributed by atoms with E-state index in [1.807, 2.05) is 11.4 Å². The summed E-state index contributed by atoms with van der Waals surface area (Å²) < 4.78 is 0. The zero-order valence-electron chi connectivity index (χ0n) is 15.8. The predicted octanol–water partition coefficient (Wildman–Crippen LogP) is 1.43. The van der Waals surface area contributed by atoms with E-state index in [1.54, 1.807) is 11.3 Å². The van der Waals surface area contributed by atoms with E-state index in [9.17, 15) is 9.59 Å². The number of carbonyl (C=O) groups excluding carboxylic acids is 2. The van der Waals surface area contributed by atoms with Crippen molar-refractivity contribution in [3.8, 4) is 0 Å². The minimum absolute atomic E-state index is 0.0400. The molecule has 0 aliphatic carbocycles. The van der Waals surface area contributed by atoms with Crippen molar-refractivity contribution >= 4 is 23.2 Å². The Kier molecular flexibility index (Phi) is 6.32. The summed E-state index contributed by atoms with van der Waals surface area (Å²) in [5.41, 5.74) is -0.0440. The Morgan fingerprint density at radius 3 is 2.81 bits per heavy atom. The van der Waals surface area contributed by atoms with Gasteiger partial charge in [0.15, 0.2) is 0 Å². The van der Waals surface area contributed by atoms with Gasteiger partial charge in [0, 0.05) is 36.6 Å². The molecule has 6 nitrogen and oxygen atoms in total. The molecule has 1 atom stereocenters. The van der Waals surface area contributed by atoms with E-state index < -0.39 is 0 Å². The Morgan fingerprint density at radius 2 is 2.12 bits per heavy atom. The van der Waals surface area contributed by atoms with Crippen molar-refractivity contribution in [3.63, 3.8) is 0 Å². The second kappa shape index (κ2) is 8.50. The number of hydrogen-bond acceptors (Lipinski definition) is 5. The van der Waals surface area contributed by atoms with Crippen molar-refractivity contribution in [2.45, 2.75) is 51.2 Å². The van der Waals surface area contributed by atoms with Gasteiger partial charge in [-0.25, -0.2) is 0 Å². The molecule has 144 valence electrons. The Balaban J connectivity index is 1.54. The van der Waals surface area contributed by atoms with Gasteiger partial charge in [0.25, 0.3) is 0 Å². The summed E-state index contributed by atoms with van der Waals surface area (Å²) in [5, 5.41) is 8.00. The maximum atomic E-state index is 12.5. The summed E-state index contributed by atoms with van der Waals surface area (Å²) in [7, 11) is 0. The maximum absolute atomic E-state index is 12.5. The van der Waals surface area contributed by atoms with Gasteiger partial charge in [-0.15, -0.1) is 11.3 Å². The highest BCUT2D eigenvalue weighted by molar-refractivity contribution is 7.09. The fourth-order valence-electron chi connectivity index (χ4n) is 3.77. The highest BCUT2D eigenvalue weighted by Gasteiger charge is 2.33. The van der Waals surface area contributed by atoms with E-state index in [-0.39, 0.29) is 29.8 Å². The van der Waals surface area contributed by atoms with Gasteiger partial charge in [0.05, 0.1) is 12.5 Å². The molecule has 1 aromatic heterocycles. The molecule has 0 saturated carbocycles. The zero-order chi connectivity index (χ0) is 18.6. The topological polar surface area (TPSA) is 64.7 Å². The number of hydrogen-bond donors (Lipinski definition) is 2. The number of amides is 2. The predicted molar refractivity (Wildman–Crippen MR) is 104 cm³/mol. The summed E-state index contributed by atoms with van der Waals surface area (Å²) in [6, 6.07) is 3.71. The first-order valence-corrected chi connectivity index (χ1v) is 10.4. The molecule has 26 heavy (non-hydrogen) atoms. The minimum atomic E-state index is -0.388. The SMILES string of the molecule is CC(C)(CNC(=O)CC1C(=O)NCCN1Cc1cccs1)N1CCCC1. The molecular formula is C19H30N4O2S. The normalized spacial score (nSPS) is 22.4. The Bertz CT molecular complexity index is 611. The van der Waals surface area contributed by atoms with Gasteiger partial charge in [-0.05, 0) is 51.2 Å². The molecule has 0 radical (unpaired) electrons. The van der Waals surface area contributed by atoms with Crippen molar-refractivity contribution in [1.29, 1.82) is 0 Å². The fraction of sp³-hybridized carbons (Fsp3) is 0.684. The highest BCUT2D eigenvalue weighted by Crippen LogP contribution is 2.21. The summed E-state index contributed by atoms with van der Waals surface area (Å²) in [4.78, 5) is 30.7. The monoisotopic (exact) mass is 378 g/mol. The zero-order valence-corrected chi connectivity index (χ0v) is 16.6. The minimum Gasteiger partial charge on any atom is -0.354 e. The van der Waals surface area contributed by atoms with Crippen LogP contribution in [0.5, 0.6) is 0 Å². The van der Waals surface area contributed by atoms with Crippen molar-refractivity contribution < 1.29 is 9.59 Å². The van der Waals surface area contributed by atoms with E-state index in [2.05, 4.69) is 40.3 Å². The quantitative estimate of drug-likeness (QED) is 0.753. The van der Waals surface area contributed by atoms with E-state index in [4.69, 9.17) is 0 Å². The molecule has 2 aliphatic rings. The van der Waals surface area contributed by atoms with Crippen LogP contribution in [0.4, 0.5) is 0 Å². The average molecular weight is 379 g/mol. The molecule has 1 unspecified atom stereocenters. The maximum Gasteiger partial charge on any atom is 0.237 e. The van der Waals surface area contributed by atoms with E-state index in [0.29, 0.717) is 13.1 Å². The summed E-state index contributed by atoms with van der Waals surface area (Å²) in [6.07, 6.45) is 2.68. The molecule has 1 aromatic rings. The van der Waals surface area contributed by atoms with Gasteiger partial charge < -0.3 is 10.6 Å². The van der Waals surface area contributed by atoms with E-state index in [1.165, 1.54) is 17.7 Å². The second-order valence-electron chi connectivity index (χ2n) is 7.84. The second-order valence-corrected chi connectivity index (χ2v) is 8.88. The standard InChI is InChI=1S/C19H30N4O2S/c1-19(2,23-8-3-4-9-23)14-21-17(24)12-16-18(25)20-7-10-22(16)13-15-6-5-11-26-15/h5-6,11,16H,3-4,7-10,12-14H2,1-2H3,(H,20,25)(H,21,24). The lowest BCUT2D eigenvalue weighted by atomic mass is 10.0. The Morgan fingerprint density at radius 1 is 1.35 bits per heavy atom. The van der Waals surface area contributed by atoms with Crippen LogP contribution in [0, 0.1) is 0 Å².